The van der Waals surface area contributed by atoms with Crippen LogP contribution in [-0.2, 0) is 6.42 Å². The summed E-state index contributed by atoms with van der Waals surface area (Å²) in [6.07, 6.45) is 0.119. The lowest BCUT2D eigenvalue weighted by Crippen LogP contribution is -2.28. The van der Waals surface area contributed by atoms with Crippen LogP contribution < -0.4 is 0 Å². The van der Waals surface area contributed by atoms with Gasteiger partial charge in [0.25, 0.3) is 0 Å². The molecule has 0 amide bonds. The maximum absolute atomic E-state index is 13.9. The Balaban J connectivity index is 2.30. The Labute approximate surface area is 122 Å². The lowest BCUT2D eigenvalue weighted by molar-refractivity contribution is -0.0944. The molecule has 114 valence electrons. The number of aliphatic hydroxyl groups is 2. The van der Waals surface area contributed by atoms with Crippen molar-refractivity contribution in [2.24, 2.45) is 5.92 Å². The van der Waals surface area contributed by atoms with Crippen LogP contribution >= 0.6 is 0 Å². The molecular weight excluding hydrogens is 275 g/mol. The Hall–Kier alpha value is -1.86. The van der Waals surface area contributed by atoms with Crippen LogP contribution in [0.2, 0.25) is 0 Å². The van der Waals surface area contributed by atoms with Crippen molar-refractivity contribution in [3.05, 3.63) is 41.5 Å². The van der Waals surface area contributed by atoms with E-state index in [1.165, 1.54) is 6.07 Å². The van der Waals surface area contributed by atoms with Crippen molar-refractivity contribution in [3.8, 4) is 0 Å². The Kier molecular flexibility index (Phi) is 5.35. The van der Waals surface area contributed by atoms with E-state index in [-0.39, 0.29) is 12.2 Å². The second-order valence-corrected chi connectivity index (χ2v) is 5.04. The zero-order valence-electron chi connectivity index (χ0n) is 11.8. The minimum Gasteiger partial charge on any atom is -0.368 e. The number of hydrogen-bond acceptors (Lipinski definition) is 5. The van der Waals surface area contributed by atoms with Crippen molar-refractivity contribution >= 4 is 0 Å². The molecule has 0 fully saturated rings. The average Bonchev–Trinajstić information content (AvgIpc) is 2.98. The third-order valence-electron chi connectivity index (χ3n) is 3.61. The van der Waals surface area contributed by atoms with E-state index in [4.69, 9.17) is 0 Å². The van der Waals surface area contributed by atoms with E-state index < -0.39 is 18.1 Å². The number of hydrogen-bond donors (Lipinski definition) is 3. The number of aromatic nitrogens is 4. The monoisotopic (exact) mass is 294 g/mol. The van der Waals surface area contributed by atoms with Crippen LogP contribution in [0, 0.1) is 11.7 Å². The minimum atomic E-state index is -1.51. The van der Waals surface area contributed by atoms with Gasteiger partial charge in [0, 0.05) is 11.8 Å². The van der Waals surface area contributed by atoms with E-state index in [9.17, 15) is 14.6 Å². The quantitative estimate of drug-likeness (QED) is 0.671. The predicted octanol–water partition coefficient (Wildman–Crippen LogP) is 1.39. The second-order valence-electron chi connectivity index (χ2n) is 5.04. The number of halogens is 1. The molecular formula is C14H19FN4O2. The SMILES string of the molecule is CCC[C@H](C(O)O)[C@H](Cc1ccccc1F)c1nn[nH]n1. The Morgan fingerprint density at radius 1 is 1.29 bits per heavy atom. The highest BCUT2D eigenvalue weighted by Crippen LogP contribution is 2.31. The van der Waals surface area contributed by atoms with Gasteiger partial charge in [0.2, 0.25) is 0 Å². The molecule has 0 saturated carbocycles. The van der Waals surface area contributed by atoms with Gasteiger partial charge in [-0.15, -0.1) is 10.2 Å². The number of nitrogens with zero attached hydrogens (tertiary/aromatic N) is 3. The van der Waals surface area contributed by atoms with Gasteiger partial charge in [-0.1, -0.05) is 36.8 Å². The maximum atomic E-state index is 13.9. The van der Waals surface area contributed by atoms with Crippen molar-refractivity contribution in [1.82, 2.24) is 20.6 Å². The van der Waals surface area contributed by atoms with Gasteiger partial charge in [-0.2, -0.15) is 5.21 Å². The van der Waals surface area contributed by atoms with E-state index >= 15 is 0 Å². The fourth-order valence-corrected chi connectivity index (χ4v) is 2.55. The average molecular weight is 294 g/mol. The molecule has 0 saturated heterocycles. The number of nitrogens with one attached hydrogen (secondary N) is 1. The predicted molar refractivity (Wildman–Crippen MR) is 73.6 cm³/mol. The van der Waals surface area contributed by atoms with Crippen LogP contribution in [0.4, 0.5) is 4.39 Å². The molecule has 1 aromatic heterocycles. The minimum absolute atomic E-state index is 0.286. The molecule has 0 aliphatic carbocycles. The van der Waals surface area contributed by atoms with Crippen LogP contribution in [0.3, 0.4) is 0 Å². The molecule has 0 spiro atoms. The van der Waals surface area contributed by atoms with Gasteiger partial charge >= 0.3 is 0 Å². The smallest absolute Gasteiger partial charge is 0.178 e. The summed E-state index contributed by atoms with van der Waals surface area (Å²) in [6, 6.07) is 6.42. The van der Waals surface area contributed by atoms with Gasteiger partial charge in [-0.3, -0.25) is 0 Å². The summed E-state index contributed by atoms with van der Waals surface area (Å²) < 4.78 is 13.9. The number of tetrazole rings is 1. The molecule has 0 aliphatic rings. The molecule has 2 aromatic rings. The van der Waals surface area contributed by atoms with Gasteiger partial charge < -0.3 is 10.2 Å². The first-order valence-corrected chi connectivity index (χ1v) is 6.96. The first-order valence-electron chi connectivity index (χ1n) is 6.96. The fraction of sp³-hybridized carbons (Fsp3) is 0.500. The van der Waals surface area contributed by atoms with Gasteiger partial charge in [0.05, 0.1) is 0 Å². The highest BCUT2D eigenvalue weighted by molar-refractivity contribution is 5.20. The van der Waals surface area contributed by atoms with Crippen LogP contribution in [0.5, 0.6) is 0 Å². The molecule has 1 heterocycles. The summed E-state index contributed by atoms with van der Waals surface area (Å²) in [7, 11) is 0. The molecule has 7 heteroatoms. The largest absolute Gasteiger partial charge is 0.368 e. The van der Waals surface area contributed by atoms with E-state index in [0.29, 0.717) is 17.8 Å². The molecule has 2 rings (SSSR count). The molecule has 0 unspecified atom stereocenters. The maximum Gasteiger partial charge on any atom is 0.178 e. The molecule has 1 aromatic carbocycles. The standard InChI is InChI=1S/C14H19FN4O2/c1-2-5-10(14(20)21)11(13-16-18-19-17-13)8-9-6-3-4-7-12(9)15/h3-4,6-7,10-11,14,20-21H,2,5,8H2,1H3,(H,16,17,18,19)/t10-,11-/m0/s1. The van der Waals surface area contributed by atoms with Gasteiger partial charge in [-0.05, 0) is 24.5 Å². The van der Waals surface area contributed by atoms with E-state index in [0.717, 1.165) is 6.42 Å². The van der Waals surface area contributed by atoms with Gasteiger partial charge in [0.15, 0.2) is 12.1 Å². The summed E-state index contributed by atoms with van der Waals surface area (Å²) in [4.78, 5) is 0. The topological polar surface area (TPSA) is 94.9 Å². The van der Waals surface area contributed by atoms with Crippen LogP contribution in [0.25, 0.3) is 0 Å². The molecule has 0 aliphatic heterocycles. The Morgan fingerprint density at radius 2 is 2.05 bits per heavy atom. The van der Waals surface area contributed by atoms with E-state index in [1.807, 2.05) is 6.92 Å². The number of H-pyrrole nitrogens is 1. The second kappa shape index (κ2) is 7.24. The molecule has 21 heavy (non-hydrogen) atoms. The van der Waals surface area contributed by atoms with Crippen LogP contribution in [-0.4, -0.2) is 37.1 Å². The van der Waals surface area contributed by atoms with Gasteiger partial charge in [0.1, 0.15) is 5.82 Å². The van der Waals surface area contributed by atoms with E-state index in [2.05, 4.69) is 20.6 Å². The van der Waals surface area contributed by atoms with Crippen LogP contribution in [0.1, 0.15) is 37.1 Å². The van der Waals surface area contributed by atoms with Crippen molar-refractivity contribution in [3.63, 3.8) is 0 Å². The molecule has 0 bridgehead atoms. The lowest BCUT2D eigenvalue weighted by Gasteiger charge is -2.26. The van der Waals surface area contributed by atoms with Crippen molar-refractivity contribution in [2.45, 2.75) is 38.4 Å². The normalized spacial score (nSPS) is 14.3. The van der Waals surface area contributed by atoms with Crippen molar-refractivity contribution < 1.29 is 14.6 Å². The number of rotatable bonds is 7. The van der Waals surface area contributed by atoms with Crippen LogP contribution in [0.15, 0.2) is 24.3 Å². The fourth-order valence-electron chi connectivity index (χ4n) is 2.55. The summed E-state index contributed by atoms with van der Waals surface area (Å²) in [6.45, 7) is 1.95. The van der Waals surface area contributed by atoms with Gasteiger partial charge in [-0.25, -0.2) is 4.39 Å². The molecule has 0 radical (unpaired) electrons. The summed E-state index contributed by atoms with van der Waals surface area (Å²) in [5, 5.41) is 33.0. The Morgan fingerprint density at radius 3 is 2.62 bits per heavy atom. The van der Waals surface area contributed by atoms with Crippen molar-refractivity contribution in [1.29, 1.82) is 0 Å². The van der Waals surface area contributed by atoms with E-state index in [1.54, 1.807) is 18.2 Å². The zero-order valence-corrected chi connectivity index (χ0v) is 11.8. The third-order valence-corrected chi connectivity index (χ3v) is 3.61. The number of aliphatic hydroxyl groups excluding tert-OH is 1. The summed E-state index contributed by atoms with van der Waals surface area (Å²) >= 11 is 0. The first kappa shape index (κ1) is 15.5. The first-order chi connectivity index (χ1) is 10.1. The zero-order chi connectivity index (χ0) is 15.2. The summed E-state index contributed by atoms with van der Waals surface area (Å²) in [5.74, 6) is -0.855. The molecule has 6 nitrogen and oxygen atoms in total. The number of aromatic amines is 1. The van der Waals surface area contributed by atoms with Crippen molar-refractivity contribution in [2.75, 3.05) is 0 Å². The highest BCUT2D eigenvalue weighted by atomic mass is 19.1. The third kappa shape index (κ3) is 3.83. The number of benzene rings is 1. The molecule has 3 N–H and O–H groups in total. The highest BCUT2D eigenvalue weighted by Gasteiger charge is 2.31. The lowest BCUT2D eigenvalue weighted by atomic mass is 9.83. The molecule has 2 atom stereocenters. The Bertz CT molecular complexity index is 548. The summed E-state index contributed by atoms with van der Waals surface area (Å²) in [5.41, 5.74) is 0.494.